The maximum atomic E-state index is 13.8. The van der Waals surface area contributed by atoms with Crippen LogP contribution in [0.4, 0.5) is 5.69 Å². The minimum Gasteiger partial charge on any atom is -0.351 e. The van der Waals surface area contributed by atoms with Crippen LogP contribution in [-0.2, 0) is 16.0 Å². The number of amides is 2. The zero-order chi connectivity index (χ0) is 22.5. The molecule has 1 atom stereocenters. The number of thiophene rings is 1. The van der Waals surface area contributed by atoms with Gasteiger partial charge in [-0.1, -0.05) is 66.9 Å². The monoisotopic (exact) mass is 446 g/mol. The van der Waals surface area contributed by atoms with Crippen LogP contribution in [0.3, 0.4) is 0 Å². The predicted octanol–water partition coefficient (Wildman–Crippen LogP) is 5.74. The summed E-state index contributed by atoms with van der Waals surface area (Å²) in [4.78, 5) is 30.2. The number of anilines is 1. The summed E-state index contributed by atoms with van der Waals surface area (Å²) in [5.74, 6) is -0.183. The lowest BCUT2D eigenvalue weighted by Crippen LogP contribution is -2.47. The Labute approximate surface area is 194 Å². The van der Waals surface area contributed by atoms with Crippen molar-refractivity contribution in [3.8, 4) is 0 Å². The highest BCUT2D eigenvalue weighted by atomic mass is 32.1. The second kappa shape index (κ2) is 10.1. The minimum atomic E-state index is -0.717. The zero-order valence-corrected chi connectivity index (χ0v) is 19.5. The number of rotatable bonds is 7. The molecule has 0 unspecified atom stereocenters. The summed E-state index contributed by atoms with van der Waals surface area (Å²) in [6.07, 6.45) is 4.54. The summed E-state index contributed by atoms with van der Waals surface area (Å²) in [6.45, 7) is 4.04. The summed E-state index contributed by atoms with van der Waals surface area (Å²) in [5.41, 5.74) is 3.72. The van der Waals surface area contributed by atoms with Gasteiger partial charge in [-0.3, -0.25) is 14.5 Å². The highest BCUT2D eigenvalue weighted by Crippen LogP contribution is 2.32. The van der Waals surface area contributed by atoms with E-state index >= 15 is 0 Å². The molecule has 1 aromatic heterocycles. The maximum absolute atomic E-state index is 13.8. The smallest absolute Gasteiger partial charge is 0.248 e. The second-order valence-corrected chi connectivity index (χ2v) is 9.65. The molecule has 2 amide bonds. The van der Waals surface area contributed by atoms with Crippen LogP contribution >= 0.6 is 11.3 Å². The predicted molar refractivity (Wildman–Crippen MR) is 131 cm³/mol. The van der Waals surface area contributed by atoms with Crippen molar-refractivity contribution in [2.45, 2.75) is 58.0 Å². The van der Waals surface area contributed by atoms with Gasteiger partial charge < -0.3 is 5.32 Å². The Kier molecular flexibility index (Phi) is 7.05. The first-order valence-corrected chi connectivity index (χ1v) is 12.2. The first kappa shape index (κ1) is 22.3. The van der Waals surface area contributed by atoms with Gasteiger partial charge in [0.2, 0.25) is 11.8 Å². The van der Waals surface area contributed by atoms with Crippen molar-refractivity contribution >= 4 is 28.8 Å². The molecule has 1 aliphatic rings. The van der Waals surface area contributed by atoms with E-state index in [2.05, 4.69) is 11.4 Å². The molecule has 0 radical (unpaired) electrons. The molecule has 32 heavy (non-hydrogen) atoms. The fraction of sp³-hybridized carbons (Fsp3) is 0.333. The van der Waals surface area contributed by atoms with Crippen molar-refractivity contribution < 1.29 is 9.59 Å². The van der Waals surface area contributed by atoms with Gasteiger partial charge in [-0.15, -0.1) is 11.3 Å². The summed E-state index contributed by atoms with van der Waals surface area (Å²) in [6, 6.07) is 19.1. The number of carbonyl (C=O) groups is 2. The van der Waals surface area contributed by atoms with E-state index in [1.54, 1.807) is 16.2 Å². The van der Waals surface area contributed by atoms with Crippen molar-refractivity contribution in [2.24, 2.45) is 0 Å². The van der Waals surface area contributed by atoms with E-state index in [1.165, 1.54) is 0 Å². The third-order valence-corrected chi connectivity index (χ3v) is 6.99. The number of benzene rings is 2. The van der Waals surface area contributed by atoms with Gasteiger partial charge in [0.05, 0.1) is 6.42 Å². The molecule has 0 spiro atoms. The molecule has 4 rings (SSSR count). The van der Waals surface area contributed by atoms with Crippen molar-refractivity contribution in [3.63, 3.8) is 0 Å². The van der Waals surface area contributed by atoms with Crippen molar-refractivity contribution in [1.29, 1.82) is 0 Å². The lowest BCUT2D eigenvalue weighted by Gasteiger charge is -2.33. The third kappa shape index (κ3) is 5.10. The Morgan fingerprint density at radius 1 is 1.03 bits per heavy atom. The van der Waals surface area contributed by atoms with Crippen LogP contribution in [0.25, 0.3) is 0 Å². The topological polar surface area (TPSA) is 49.4 Å². The van der Waals surface area contributed by atoms with Gasteiger partial charge >= 0.3 is 0 Å². The van der Waals surface area contributed by atoms with Crippen molar-refractivity contribution in [2.75, 3.05) is 4.90 Å². The van der Waals surface area contributed by atoms with Crippen LogP contribution in [0.15, 0.2) is 66.0 Å². The Balaban J connectivity index is 1.77. The standard InChI is InChI=1S/C27H30N2O2S/c1-19-14-15-24(20(2)17-19)29(25(30)18-23-13-8-16-32-23)26(21-9-4-3-5-10-21)27(31)28-22-11-6-7-12-22/h3-5,8-10,13-17,22,26H,6-7,11-12,18H2,1-2H3,(H,28,31)/t26-/m1/s1. The Bertz CT molecular complexity index is 1060. The summed E-state index contributed by atoms with van der Waals surface area (Å²) < 4.78 is 0. The second-order valence-electron chi connectivity index (χ2n) is 8.61. The number of aryl methyl sites for hydroxylation is 2. The van der Waals surface area contributed by atoms with E-state index in [4.69, 9.17) is 0 Å². The number of carbonyl (C=O) groups excluding carboxylic acids is 2. The van der Waals surface area contributed by atoms with E-state index in [-0.39, 0.29) is 24.3 Å². The highest BCUT2D eigenvalue weighted by molar-refractivity contribution is 7.10. The molecular weight excluding hydrogens is 416 g/mol. The molecule has 3 aromatic rings. The molecule has 1 heterocycles. The largest absolute Gasteiger partial charge is 0.351 e. The molecule has 0 aliphatic heterocycles. The van der Waals surface area contributed by atoms with Crippen molar-refractivity contribution in [1.82, 2.24) is 5.32 Å². The third-order valence-electron chi connectivity index (χ3n) is 6.11. The molecule has 1 fully saturated rings. The molecule has 0 bridgehead atoms. The van der Waals surface area contributed by atoms with Gasteiger partial charge in [0.15, 0.2) is 0 Å². The highest BCUT2D eigenvalue weighted by Gasteiger charge is 2.34. The van der Waals surface area contributed by atoms with Gasteiger partial charge in [0.25, 0.3) is 0 Å². The SMILES string of the molecule is Cc1ccc(N(C(=O)Cc2cccs2)[C@@H](C(=O)NC2CCCC2)c2ccccc2)c(C)c1. The fourth-order valence-electron chi connectivity index (χ4n) is 4.54. The van der Waals surface area contributed by atoms with E-state index in [1.807, 2.05) is 73.8 Å². The number of nitrogens with zero attached hydrogens (tertiary/aromatic N) is 1. The maximum Gasteiger partial charge on any atom is 0.248 e. The molecule has 1 aliphatic carbocycles. The first-order valence-electron chi connectivity index (χ1n) is 11.3. The Morgan fingerprint density at radius 2 is 1.78 bits per heavy atom. The summed E-state index contributed by atoms with van der Waals surface area (Å²) in [5, 5.41) is 5.22. The summed E-state index contributed by atoms with van der Waals surface area (Å²) >= 11 is 1.56. The van der Waals surface area contributed by atoms with Crippen LogP contribution in [0, 0.1) is 13.8 Å². The minimum absolute atomic E-state index is 0.0742. The molecule has 1 saturated carbocycles. The number of nitrogens with one attached hydrogen (secondary N) is 1. The Hall–Kier alpha value is -2.92. The van der Waals surface area contributed by atoms with E-state index in [0.717, 1.165) is 52.9 Å². The van der Waals surface area contributed by atoms with Crippen molar-refractivity contribution in [3.05, 3.63) is 87.6 Å². The van der Waals surface area contributed by atoms with Gasteiger partial charge in [-0.05, 0) is 55.3 Å². The van der Waals surface area contributed by atoms with Gasteiger partial charge in [-0.2, -0.15) is 0 Å². The van der Waals surface area contributed by atoms with Crippen LogP contribution < -0.4 is 10.2 Å². The molecule has 2 aromatic carbocycles. The molecule has 4 nitrogen and oxygen atoms in total. The van der Waals surface area contributed by atoms with E-state index in [0.29, 0.717) is 0 Å². The quantitative estimate of drug-likeness (QED) is 0.503. The summed E-state index contributed by atoms with van der Waals surface area (Å²) in [7, 11) is 0. The van der Waals surface area contributed by atoms with Crippen LogP contribution in [0.2, 0.25) is 0 Å². The molecule has 166 valence electrons. The Morgan fingerprint density at radius 3 is 2.44 bits per heavy atom. The molecule has 1 N–H and O–H groups in total. The normalized spacial score (nSPS) is 14.8. The number of hydrogen-bond acceptors (Lipinski definition) is 3. The molecular formula is C27H30N2O2S. The van der Waals surface area contributed by atoms with E-state index < -0.39 is 6.04 Å². The van der Waals surface area contributed by atoms with Gasteiger partial charge in [0, 0.05) is 16.6 Å². The lowest BCUT2D eigenvalue weighted by atomic mass is 10.00. The lowest BCUT2D eigenvalue weighted by molar-refractivity contribution is -0.127. The fourth-order valence-corrected chi connectivity index (χ4v) is 5.24. The average molecular weight is 447 g/mol. The van der Waals surface area contributed by atoms with Crippen LogP contribution in [0.5, 0.6) is 0 Å². The molecule has 0 saturated heterocycles. The number of hydrogen-bond donors (Lipinski definition) is 1. The molecule has 5 heteroatoms. The zero-order valence-electron chi connectivity index (χ0n) is 18.7. The first-order chi connectivity index (χ1) is 15.5. The van der Waals surface area contributed by atoms with Crippen LogP contribution in [-0.4, -0.2) is 17.9 Å². The van der Waals surface area contributed by atoms with Gasteiger partial charge in [0.1, 0.15) is 6.04 Å². The van der Waals surface area contributed by atoms with E-state index in [9.17, 15) is 9.59 Å². The van der Waals surface area contributed by atoms with Crippen LogP contribution in [0.1, 0.15) is 53.3 Å². The average Bonchev–Trinajstić information content (AvgIpc) is 3.47. The van der Waals surface area contributed by atoms with Gasteiger partial charge in [-0.25, -0.2) is 0 Å².